The maximum Gasteiger partial charge on any atom is 0.164 e. The average Bonchev–Trinajstić information content (AvgIpc) is 3.13. The van der Waals surface area contributed by atoms with Gasteiger partial charge >= 0.3 is 0 Å². The van der Waals surface area contributed by atoms with Crippen molar-refractivity contribution in [3.63, 3.8) is 0 Å². The molecule has 0 radical (unpaired) electrons. The van der Waals surface area contributed by atoms with Crippen LogP contribution in [0.15, 0.2) is 96.0 Å². The predicted octanol–water partition coefficient (Wildman–Crippen LogP) is 5.20. The van der Waals surface area contributed by atoms with Crippen LogP contribution < -0.4 is 5.49 Å². The lowest BCUT2D eigenvalue weighted by atomic mass is 10.0. The van der Waals surface area contributed by atoms with Crippen LogP contribution in [-0.4, -0.2) is 13.3 Å². The first-order chi connectivity index (χ1) is 14.9. The first kappa shape index (κ1) is 18.0. The highest BCUT2D eigenvalue weighted by molar-refractivity contribution is 6.99. The van der Waals surface area contributed by atoms with E-state index in [9.17, 15) is 5.26 Å². The first-order valence-electron chi connectivity index (χ1n) is 9.39. The van der Waals surface area contributed by atoms with Crippen molar-refractivity contribution in [2.24, 2.45) is 4.99 Å². The lowest BCUT2D eigenvalue weighted by Gasteiger charge is -2.09. The predicted molar refractivity (Wildman–Crippen MR) is 118 cm³/mol. The van der Waals surface area contributed by atoms with Crippen LogP contribution in [0.3, 0.4) is 0 Å². The van der Waals surface area contributed by atoms with Gasteiger partial charge in [-0.15, -0.1) is 0 Å². The quantitative estimate of drug-likeness (QED) is 0.414. The van der Waals surface area contributed by atoms with E-state index in [1.807, 2.05) is 95.6 Å². The summed E-state index contributed by atoms with van der Waals surface area (Å²) in [6, 6.07) is 31.7. The molecule has 6 heteroatoms. The van der Waals surface area contributed by atoms with Crippen molar-refractivity contribution in [3.05, 3.63) is 102 Å². The Balaban J connectivity index is 1.92. The van der Waals surface area contributed by atoms with Gasteiger partial charge in [-0.3, -0.25) is 4.57 Å². The van der Waals surface area contributed by atoms with E-state index in [0.29, 0.717) is 22.4 Å². The normalized spacial score (nSPS) is 11.5. The second kappa shape index (κ2) is 7.74. The summed E-state index contributed by atoms with van der Waals surface area (Å²) >= 11 is 1.13. The number of hydrogen-bond donors (Lipinski definition) is 0. The van der Waals surface area contributed by atoms with E-state index in [1.54, 1.807) is 0 Å². The van der Waals surface area contributed by atoms with Crippen LogP contribution in [0.2, 0.25) is 0 Å². The molecule has 0 saturated carbocycles. The fourth-order valence-corrected chi connectivity index (χ4v) is 4.02. The molecule has 142 valence electrons. The zero-order chi connectivity index (χ0) is 20.3. The number of para-hydroxylation sites is 2. The van der Waals surface area contributed by atoms with E-state index < -0.39 is 0 Å². The van der Waals surface area contributed by atoms with Crippen LogP contribution in [0.5, 0.6) is 0 Å². The van der Waals surface area contributed by atoms with E-state index in [2.05, 4.69) is 14.8 Å². The Morgan fingerprint density at radius 3 is 2.10 bits per heavy atom. The molecule has 30 heavy (non-hydrogen) atoms. The van der Waals surface area contributed by atoms with Crippen LogP contribution in [0, 0.1) is 11.3 Å². The van der Waals surface area contributed by atoms with Crippen LogP contribution in [0.4, 0.5) is 5.69 Å². The Morgan fingerprint density at radius 1 is 0.800 bits per heavy atom. The summed E-state index contributed by atoms with van der Waals surface area (Å²) in [5.41, 5.74) is 5.06. The minimum Gasteiger partial charge on any atom is -0.276 e. The molecular weight excluding hydrogens is 390 g/mol. The second-order valence-electron chi connectivity index (χ2n) is 6.61. The van der Waals surface area contributed by atoms with Gasteiger partial charge in [0.05, 0.1) is 28.7 Å². The highest BCUT2D eigenvalue weighted by atomic mass is 32.1. The zero-order valence-corrected chi connectivity index (χ0v) is 16.6. The number of nitriles is 1. The Bertz CT molecular complexity index is 1380. The van der Waals surface area contributed by atoms with Gasteiger partial charge in [-0.2, -0.15) is 14.0 Å². The highest BCUT2D eigenvalue weighted by Crippen LogP contribution is 2.34. The molecule has 0 fully saturated rings. The van der Waals surface area contributed by atoms with Gasteiger partial charge in [-0.1, -0.05) is 66.7 Å². The summed E-state index contributed by atoms with van der Waals surface area (Å²) in [6.45, 7) is 0. The molecule has 2 heterocycles. The topological polar surface area (TPSA) is 66.9 Å². The summed E-state index contributed by atoms with van der Waals surface area (Å²) in [6.07, 6.45) is 0. The summed E-state index contributed by atoms with van der Waals surface area (Å²) in [7, 11) is 0. The Morgan fingerprint density at radius 2 is 1.43 bits per heavy atom. The smallest absolute Gasteiger partial charge is 0.164 e. The van der Waals surface area contributed by atoms with Crippen molar-refractivity contribution >= 4 is 17.4 Å². The lowest BCUT2D eigenvalue weighted by molar-refractivity contribution is 0.973. The SMILES string of the molecule is N#Cc1c2c(-c3ccccc3)nsnc-2n(-c2ccccc2)c1=Nc1ccccc1. The van der Waals surface area contributed by atoms with Gasteiger partial charge < -0.3 is 0 Å². The number of aromatic nitrogens is 3. The lowest BCUT2D eigenvalue weighted by Crippen LogP contribution is -2.17. The van der Waals surface area contributed by atoms with Crippen molar-refractivity contribution in [2.45, 2.75) is 0 Å². The maximum atomic E-state index is 10.2. The molecule has 3 aromatic rings. The molecule has 0 spiro atoms. The van der Waals surface area contributed by atoms with E-state index in [1.165, 1.54) is 0 Å². The summed E-state index contributed by atoms with van der Waals surface area (Å²) in [4.78, 5) is 4.84. The van der Waals surface area contributed by atoms with E-state index in [0.717, 1.165) is 34.4 Å². The standard InChI is InChI=1S/C24H15N5S/c25-16-20-21-22(17-10-4-1-5-11-17)27-30-28-24(21)29(19-14-8-3-9-15-19)23(20)26-18-12-6-2-7-13-18/h1-15H. The molecule has 0 N–H and O–H groups in total. The first-order valence-corrected chi connectivity index (χ1v) is 10.1. The van der Waals surface area contributed by atoms with Gasteiger partial charge in [0.15, 0.2) is 11.3 Å². The average molecular weight is 405 g/mol. The fourth-order valence-electron chi connectivity index (χ4n) is 3.46. The fraction of sp³-hybridized carbons (Fsp3) is 0. The summed E-state index contributed by atoms with van der Waals surface area (Å²) in [5.74, 6) is 0.672. The molecular formula is C24H15N5S. The van der Waals surface area contributed by atoms with Crippen molar-refractivity contribution in [1.29, 1.82) is 5.26 Å². The van der Waals surface area contributed by atoms with Gasteiger partial charge in [0.1, 0.15) is 11.6 Å². The van der Waals surface area contributed by atoms with Gasteiger partial charge in [0.25, 0.3) is 0 Å². The largest absolute Gasteiger partial charge is 0.276 e. The second-order valence-corrected chi connectivity index (χ2v) is 7.13. The number of rotatable bonds is 3. The minimum atomic E-state index is 0.462. The number of hydrogen-bond acceptors (Lipinski definition) is 5. The van der Waals surface area contributed by atoms with Crippen molar-refractivity contribution in [1.82, 2.24) is 13.3 Å². The third kappa shape index (κ3) is 3.08. The monoisotopic (exact) mass is 405 g/mol. The number of fused-ring (bicyclic) bond motifs is 1. The van der Waals surface area contributed by atoms with Crippen molar-refractivity contribution in [3.8, 4) is 34.4 Å². The molecule has 5 rings (SSSR count). The molecule has 0 aliphatic carbocycles. The molecule has 0 saturated heterocycles. The van der Waals surface area contributed by atoms with Gasteiger partial charge in [0.2, 0.25) is 0 Å². The Hall–Kier alpha value is -4.08. The van der Waals surface area contributed by atoms with E-state index in [4.69, 9.17) is 4.99 Å². The summed E-state index contributed by atoms with van der Waals surface area (Å²) in [5, 5.41) is 10.2. The van der Waals surface area contributed by atoms with E-state index in [-0.39, 0.29) is 0 Å². The van der Waals surface area contributed by atoms with Crippen LogP contribution >= 0.6 is 11.7 Å². The van der Waals surface area contributed by atoms with Gasteiger partial charge in [0, 0.05) is 11.3 Å². The van der Waals surface area contributed by atoms with Crippen LogP contribution in [0.25, 0.3) is 28.3 Å². The van der Waals surface area contributed by atoms with Crippen LogP contribution in [0.1, 0.15) is 5.56 Å². The number of nitrogens with zero attached hydrogens (tertiary/aromatic N) is 5. The van der Waals surface area contributed by atoms with E-state index >= 15 is 0 Å². The molecule has 3 aromatic carbocycles. The third-order valence-electron chi connectivity index (χ3n) is 4.78. The molecule has 0 atom stereocenters. The van der Waals surface area contributed by atoms with Gasteiger partial charge in [-0.25, -0.2) is 4.99 Å². The van der Waals surface area contributed by atoms with Gasteiger partial charge in [-0.05, 0) is 24.3 Å². The molecule has 2 aliphatic heterocycles. The Kier molecular flexibility index (Phi) is 4.64. The molecule has 5 nitrogen and oxygen atoms in total. The molecule has 0 unspecified atom stereocenters. The molecule has 2 aliphatic rings. The number of benzene rings is 3. The highest BCUT2D eigenvalue weighted by Gasteiger charge is 2.27. The summed E-state index contributed by atoms with van der Waals surface area (Å²) < 4.78 is 11.1. The molecule has 0 bridgehead atoms. The third-order valence-corrected chi connectivity index (χ3v) is 5.30. The van der Waals surface area contributed by atoms with Crippen molar-refractivity contribution < 1.29 is 0 Å². The molecule has 0 amide bonds. The molecule has 0 aromatic heterocycles. The zero-order valence-electron chi connectivity index (χ0n) is 15.8. The van der Waals surface area contributed by atoms with Crippen LogP contribution in [-0.2, 0) is 0 Å². The maximum absolute atomic E-state index is 10.2. The Labute approximate surface area is 177 Å². The van der Waals surface area contributed by atoms with Crippen molar-refractivity contribution in [2.75, 3.05) is 0 Å². The minimum absolute atomic E-state index is 0.462.